The zero-order chi connectivity index (χ0) is 19.2. The Bertz CT molecular complexity index is 880. The number of rotatable bonds is 9. The lowest BCUT2D eigenvalue weighted by Crippen LogP contribution is -2.29. The van der Waals surface area contributed by atoms with Gasteiger partial charge in [0.05, 0.1) is 17.1 Å². The minimum absolute atomic E-state index is 0.0152. The maximum atomic E-state index is 12.5. The highest BCUT2D eigenvalue weighted by Gasteiger charge is 2.16. The first kappa shape index (κ1) is 19.6. The third-order valence-corrected chi connectivity index (χ3v) is 5.98. The van der Waals surface area contributed by atoms with Gasteiger partial charge in [-0.3, -0.25) is 9.48 Å². The van der Waals surface area contributed by atoms with Crippen molar-refractivity contribution >= 4 is 27.5 Å². The topological polar surface area (TPSA) is 50.2 Å². The van der Waals surface area contributed by atoms with Crippen molar-refractivity contribution in [3.05, 3.63) is 52.5 Å². The number of hydrogen-bond acceptors (Lipinski definition) is 4. The van der Waals surface area contributed by atoms with Crippen LogP contribution in [0.2, 0.25) is 0 Å². The van der Waals surface area contributed by atoms with Gasteiger partial charge in [0, 0.05) is 11.9 Å². The van der Waals surface area contributed by atoms with Crippen molar-refractivity contribution in [3.8, 4) is 0 Å². The van der Waals surface area contributed by atoms with Crippen LogP contribution in [0.1, 0.15) is 41.2 Å². The molecule has 0 aliphatic heterocycles. The van der Waals surface area contributed by atoms with Crippen LogP contribution in [0.3, 0.4) is 0 Å². The number of hydrogen-bond donors (Lipinski definition) is 1. The molecule has 0 radical (unpaired) electrons. The van der Waals surface area contributed by atoms with Gasteiger partial charge in [0.2, 0.25) is 0 Å². The molecule has 5 nitrogen and oxygen atoms in total. The number of thiophene rings is 1. The zero-order valence-electron chi connectivity index (χ0n) is 16.4. The molecule has 0 unspecified atom stereocenters. The van der Waals surface area contributed by atoms with Crippen molar-refractivity contribution in [2.75, 3.05) is 26.2 Å². The highest BCUT2D eigenvalue weighted by Crippen LogP contribution is 2.28. The monoisotopic (exact) mass is 384 g/mol. The molecular weight excluding hydrogens is 356 g/mol. The van der Waals surface area contributed by atoms with E-state index in [2.05, 4.69) is 41.3 Å². The summed E-state index contributed by atoms with van der Waals surface area (Å²) >= 11 is 1.52. The van der Waals surface area contributed by atoms with Gasteiger partial charge in [0.1, 0.15) is 4.83 Å². The average Bonchev–Trinajstić information content (AvgIpc) is 3.24. The lowest BCUT2D eigenvalue weighted by molar-refractivity contribution is 0.0956. The molecule has 0 spiro atoms. The Kier molecular flexibility index (Phi) is 6.63. The number of carbonyl (C=O) groups is 1. The van der Waals surface area contributed by atoms with Gasteiger partial charge in [-0.05, 0) is 44.6 Å². The molecule has 3 rings (SSSR count). The molecular formula is C21H28N4OS. The van der Waals surface area contributed by atoms with Crippen molar-refractivity contribution in [3.63, 3.8) is 0 Å². The number of carbonyl (C=O) groups excluding carboxylic acids is 1. The van der Waals surface area contributed by atoms with Crippen LogP contribution >= 0.6 is 11.3 Å². The summed E-state index contributed by atoms with van der Waals surface area (Å²) in [4.78, 5) is 16.7. The first-order valence-electron chi connectivity index (χ1n) is 9.63. The quantitative estimate of drug-likeness (QED) is 0.569. The number of aromatic nitrogens is 2. The van der Waals surface area contributed by atoms with Gasteiger partial charge in [-0.25, -0.2) is 0 Å². The van der Waals surface area contributed by atoms with Gasteiger partial charge in [-0.2, -0.15) is 5.10 Å². The number of benzene rings is 1. The van der Waals surface area contributed by atoms with Gasteiger partial charge >= 0.3 is 0 Å². The van der Waals surface area contributed by atoms with E-state index in [4.69, 9.17) is 0 Å². The molecule has 2 heterocycles. The second kappa shape index (κ2) is 9.15. The van der Waals surface area contributed by atoms with Crippen molar-refractivity contribution in [1.82, 2.24) is 20.0 Å². The highest BCUT2D eigenvalue weighted by molar-refractivity contribution is 7.20. The fourth-order valence-electron chi connectivity index (χ4n) is 3.22. The van der Waals surface area contributed by atoms with E-state index < -0.39 is 0 Å². The molecule has 0 atom stereocenters. The summed E-state index contributed by atoms with van der Waals surface area (Å²) in [6.45, 7) is 10.9. The van der Waals surface area contributed by atoms with Gasteiger partial charge < -0.3 is 10.2 Å². The smallest absolute Gasteiger partial charge is 0.261 e. The molecule has 27 heavy (non-hydrogen) atoms. The van der Waals surface area contributed by atoms with Crippen LogP contribution in [0.4, 0.5) is 0 Å². The predicted octanol–water partition coefficient (Wildman–Crippen LogP) is 3.92. The van der Waals surface area contributed by atoms with Crippen LogP contribution < -0.4 is 5.32 Å². The van der Waals surface area contributed by atoms with Gasteiger partial charge in [0.15, 0.2) is 0 Å². The van der Waals surface area contributed by atoms with Crippen molar-refractivity contribution in [2.24, 2.45) is 0 Å². The van der Waals surface area contributed by atoms with E-state index in [0.717, 1.165) is 53.4 Å². The number of nitrogens with zero attached hydrogens (tertiary/aromatic N) is 3. The van der Waals surface area contributed by atoms with E-state index >= 15 is 0 Å². The molecule has 0 aliphatic rings. The summed E-state index contributed by atoms with van der Waals surface area (Å²) in [5.41, 5.74) is 2.18. The van der Waals surface area contributed by atoms with Crippen LogP contribution in [0.15, 0.2) is 36.4 Å². The number of amides is 1. The van der Waals surface area contributed by atoms with Crippen LogP contribution in [-0.4, -0.2) is 46.8 Å². The average molecular weight is 385 g/mol. The Labute approximate surface area is 165 Å². The number of aryl methyl sites for hydroxylation is 1. The minimum Gasteiger partial charge on any atom is -0.351 e. The van der Waals surface area contributed by atoms with Crippen molar-refractivity contribution in [2.45, 2.75) is 33.7 Å². The Morgan fingerprint density at radius 2 is 1.96 bits per heavy atom. The molecule has 0 saturated heterocycles. The molecule has 0 saturated carbocycles. The van der Waals surface area contributed by atoms with E-state index in [1.54, 1.807) is 0 Å². The van der Waals surface area contributed by atoms with E-state index in [1.165, 1.54) is 16.9 Å². The maximum Gasteiger partial charge on any atom is 0.261 e. The van der Waals surface area contributed by atoms with Crippen LogP contribution in [0.25, 0.3) is 10.2 Å². The zero-order valence-corrected chi connectivity index (χ0v) is 17.2. The Morgan fingerprint density at radius 3 is 2.67 bits per heavy atom. The van der Waals surface area contributed by atoms with Crippen LogP contribution in [0.5, 0.6) is 0 Å². The minimum atomic E-state index is 0.0152. The molecule has 6 heteroatoms. The Hall–Kier alpha value is -2.18. The molecule has 0 bridgehead atoms. The number of fused-ring (bicyclic) bond motifs is 1. The Morgan fingerprint density at radius 1 is 1.22 bits per heavy atom. The highest BCUT2D eigenvalue weighted by atomic mass is 32.1. The summed E-state index contributed by atoms with van der Waals surface area (Å²) in [5.74, 6) is 0.0152. The SMILES string of the molecule is CCN(CC)CCCNC(=O)c1cc2c(C)nn(Cc3ccccc3)c2s1. The first-order chi connectivity index (χ1) is 13.1. The third-order valence-electron chi connectivity index (χ3n) is 4.84. The largest absolute Gasteiger partial charge is 0.351 e. The molecule has 1 amide bonds. The predicted molar refractivity (Wildman–Crippen MR) is 113 cm³/mol. The maximum absolute atomic E-state index is 12.5. The van der Waals surface area contributed by atoms with E-state index in [1.807, 2.05) is 35.9 Å². The van der Waals surface area contributed by atoms with Crippen LogP contribution in [-0.2, 0) is 6.54 Å². The standard InChI is InChI=1S/C21H28N4OS/c1-4-24(5-2)13-9-12-22-20(26)19-14-18-16(3)23-25(21(18)27-19)15-17-10-7-6-8-11-17/h6-8,10-11,14H,4-5,9,12-13,15H2,1-3H3,(H,22,26). The normalized spacial score (nSPS) is 11.4. The van der Waals surface area contributed by atoms with Gasteiger partial charge in [-0.15, -0.1) is 11.3 Å². The first-order valence-corrected chi connectivity index (χ1v) is 10.5. The molecule has 3 aromatic rings. The third kappa shape index (κ3) is 4.76. The van der Waals surface area contributed by atoms with Crippen LogP contribution in [0, 0.1) is 6.92 Å². The summed E-state index contributed by atoms with van der Waals surface area (Å²) in [5, 5.41) is 8.78. The van der Waals surface area contributed by atoms with Crippen molar-refractivity contribution < 1.29 is 4.79 Å². The lowest BCUT2D eigenvalue weighted by Gasteiger charge is -2.17. The lowest BCUT2D eigenvalue weighted by atomic mass is 10.2. The summed E-state index contributed by atoms with van der Waals surface area (Å²) in [6.07, 6.45) is 0.971. The van der Waals surface area contributed by atoms with Gasteiger partial charge in [0.25, 0.3) is 5.91 Å². The van der Waals surface area contributed by atoms with E-state index in [-0.39, 0.29) is 5.91 Å². The second-order valence-electron chi connectivity index (χ2n) is 6.69. The van der Waals surface area contributed by atoms with E-state index in [9.17, 15) is 4.79 Å². The Balaban J connectivity index is 1.65. The molecule has 0 fully saturated rings. The fourth-order valence-corrected chi connectivity index (χ4v) is 4.30. The number of nitrogens with one attached hydrogen (secondary N) is 1. The molecule has 1 N–H and O–H groups in total. The van der Waals surface area contributed by atoms with Gasteiger partial charge in [-0.1, -0.05) is 44.2 Å². The summed E-state index contributed by atoms with van der Waals surface area (Å²) in [7, 11) is 0. The molecule has 2 aromatic heterocycles. The molecule has 0 aliphatic carbocycles. The molecule has 144 valence electrons. The fraction of sp³-hybridized carbons (Fsp3) is 0.429. The summed E-state index contributed by atoms with van der Waals surface area (Å²) in [6, 6.07) is 12.3. The molecule has 1 aromatic carbocycles. The summed E-state index contributed by atoms with van der Waals surface area (Å²) < 4.78 is 2.00. The van der Waals surface area contributed by atoms with Crippen molar-refractivity contribution in [1.29, 1.82) is 0 Å². The van der Waals surface area contributed by atoms with E-state index in [0.29, 0.717) is 6.54 Å². The second-order valence-corrected chi connectivity index (χ2v) is 7.73.